The maximum absolute atomic E-state index is 13.2. The molecule has 2 amide bonds. The first-order valence-corrected chi connectivity index (χ1v) is 12.7. The third-order valence-electron chi connectivity index (χ3n) is 6.40. The number of likely N-dealkylation sites (N-methyl/N-ethyl adjacent to an activating group) is 1. The Kier molecular flexibility index (Phi) is 8.45. The Morgan fingerprint density at radius 1 is 1.27 bits per heavy atom. The molecule has 1 aromatic carbocycles. The second-order valence-electron chi connectivity index (χ2n) is 9.52. The van der Waals surface area contributed by atoms with E-state index in [2.05, 4.69) is 10.3 Å². The highest BCUT2D eigenvalue weighted by atomic mass is 35.5. The zero-order chi connectivity index (χ0) is 26.5. The van der Waals surface area contributed by atoms with Crippen molar-refractivity contribution in [2.24, 2.45) is 0 Å². The fraction of sp³-hybridized carbons (Fsp3) is 0.407. The molecule has 0 spiro atoms. The number of nitrogens with zero attached hydrogens (tertiary/aromatic N) is 5. The monoisotopic (exact) mass is 524 g/mol. The Hall–Kier alpha value is -3.43. The number of aromatic nitrogens is 3. The minimum absolute atomic E-state index is 0.0179. The number of benzene rings is 1. The molecule has 9 nitrogen and oxygen atoms in total. The molecular formula is C27H33ClN6O3. The van der Waals surface area contributed by atoms with Crippen LogP contribution in [0.1, 0.15) is 41.4 Å². The summed E-state index contributed by atoms with van der Waals surface area (Å²) >= 11 is 6.50. The number of methoxy groups -OCH3 is 1. The van der Waals surface area contributed by atoms with E-state index in [1.807, 2.05) is 47.5 Å². The fourth-order valence-corrected chi connectivity index (χ4v) is 4.81. The fourth-order valence-electron chi connectivity index (χ4n) is 4.57. The van der Waals surface area contributed by atoms with Gasteiger partial charge in [0.1, 0.15) is 5.75 Å². The summed E-state index contributed by atoms with van der Waals surface area (Å²) in [4.78, 5) is 39.0. The summed E-state index contributed by atoms with van der Waals surface area (Å²) in [5, 5.41) is 3.44. The topological polar surface area (TPSA) is 92.6 Å². The number of imidazole rings is 1. The van der Waals surface area contributed by atoms with Crippen molar-refractivity contribution in [2.45, 2.75) is 32.2 Å². The number of rotatable bonds is 7. The number of fused-ring (bicyclic) bond motifs is 1. The van der Waals surface area contributed by atoms with Crippen molar-refractivity contribution in [3.8, 4) is 5.75 Å². The number of hydrogen-bond acceptors (Lipinski definition) is 6. The lowest BCUT2D eigenvalue weighted by Crippen LogP contribution is -2.34. The van der Waals surface area contributed by atoms with Gasteiger partial charge >= 0.3 is 0 Å². The van der Waals surface area contributed by atoms with Crippen molar-refractivity contribution in [3.05, 3.63) is 58.9 Å². The molecule has 1 aliphatic rings. The summed E-state index contributed by atoms with van der Waals surface area (Å²) in [6.45, 7) is 3.71. The molecule has 196 valence electrons. The summed E-state index contributed by atoms with van der Waals surface area (Å²) in [6.07, 6.45) is 7.81. The lowest BCUT2D eigenvalue weighted by atomic mass is 10.1. The van der Waals surface area contributed by atoms with Crippen LogP contribution in [0.2, 0.25) is 5.02 Å². The average Bonchev–Trinajstić information content (AvgIpc) is 3.02. The van der Waals surface area contributed by atoms with Gasteiger partial charge in [0, 0.05) is 49.2 Å². The molecule has 2 aromatic heterocycles. The molecule has 1 aliphatic heterocycles. The van der Waals surface area contributed by atoms with Crippen LogP contribution in [0.4, 0.5) is 5.95 Å². The van der Waals surface area contributed by atoms with Gasteiger partial charge in [0.25, 0.3) is 5.91 Å². The van der Waals surface area contributed by atoms with Gasteiger partial charge in [-0.05, 0) is 58.5 Å². The number of anilines is 1. The summed E-state index contributed by atoms with van der Waals surface area (Å²) in [5.74, 6) is 0.607. The summed E-state index contributed by atoms with van der Waals surface area (Å²) in [6, 6.07) is 6.88. The third-order valence-corrected chi connectivity index (χ3v) is 6.70. The second kappa shape index (κ2) is 11.7. The van der Waals surface area contributed by atoms with Gasteiger partial charge in [0.2, 0.25) is 11.9 Å². The van der Waals surface area contributed by atoms with E-state index in [1.54, 1.807) is 37.6 Å². The van der Waals surface area contributed by atoms with Crippen LogP contribution in [-0.4, -0.2) is 77.0 Å². The van der Waals surface area contributed by atoms with Gasteiger partial charge < -0.3 is 19.1 Å². The predicted octanol–water partition coefficient (Wildman–Crippen LogP) is 4.33. The molecule has 0 aliphatic carbocycles. The summed E-state index contributed by atoms with van der Waals surface area (Å²) in [5.41, 5.74) is 2.66. The normalized spacial score (nSPS) is 16.4. The SMILES string of the molecule is COc1cc2nc(NC(=O)c3ccnc(C)c3)n([C@@H]3CCCCN(C(=O)/C=C/CN(C)C)C3)c2cc1Cl. The van der Waals surface area contributed by atoms with Crippen molar-refractivity contribution < 1.29 is 14.3 Å². The minimum Gasteiger partial charge on any atom is -0.495 e. The molecule has 1 fully saturated rings. The molecule has 0 bridgehead atoms. The van der Waals surface area contributed by atoms with Crippen LogP contribution < -0.4 is 10.1 Å². The number of hydrogen-bond donors (Lipinski definition) is 1. The lowest BCUT2D eigenvalue weighted by molar-refractivity contribution is -0.126. The Bertz CT molecular complexity index is 1320. The molecule has 4 rings (SSSR count). The summed E-state index contributed by atoms with van der Waals surface area (Å²) < 4.78 is 7.40. The Labute approximate surface area is 222 Å². The van der Waals surface area contributed by atoms with Gasteiger partial charge in [-0.3, -0.25) is 19.9 Å². The van der Waals surface area contributed by atoms with Crippen molar-refractivity contribution >= 4 is 40.4 Å². The maximum Gasteiger partial charge on any atom is 0.258 e. The average molecular weight is 525 g/mol. The number of carbonyl (C=O) groups is 2. The first kappa shape index (κ1) is 26.6. The largest absolute Gasteiger partial charge is 0.495 e. The van der Waals surface area contributed by atoms with E-state index in [0.717, 1.165) is 30.5 Å². The van der Waals surface area contributed by atoms with E-state index >= 15 is 0 Å². The number of aryl methyl sites for hydroxylation is 1. The first-order valence-electron chi connectivity index (χ1n) is 12.4. The minimum atomic E-state index is -0.284. The van der Waals surface area contributed by atoms with Crippen LogP contribution in [-0.2, 0) is 4.79 Å². The zero-order valence-corrected chi connectivity index (χ0v) is 22.5. The van der Waals surface area contributed by atoms with Crippen LogP contribution in [0.15, 0.2) is 42.6 Å². The van der Waals surface area contributed by atoms with E-state index in [-0.39, 0.29) is 17.9 Å². The lowest BCUT2D eigenvalue weighted by Gasteiger charge is -2.26. The van der Waals surface area contributed by atoms with Gasteiger partial charge in [0.15, 0.2) is 0 Å². The van der Waals surface area contributed by atoms with Crippen molar-refractivity contribution in [1.29, 1.82) is 0 Å². The van der Waals surface area contributed by atoms with E-state index in [1.165, 1.54) is 0 Å². The number of nitrogens with one attached hydrogen (secondary N) is 1. The second-order valence-corrected chi connectivity index (χ2v) is 9.93. The molecule has 3 heterocycles. The molecule has 1 atom stereocenters. The number of halogens is 1. The number of pyridine rings is 1. The molecule has 3 aromatic rings. The standard InChI is InChI=1S/C27H33ClN6O3/c1-18-14-19(10-11-29-18)26(36)31-27-30-22-16-24(37-4)21(28)15-23(22)34(27)20-8-5-6-13-33(17-20)25(35)9-7-12-32(2)3/h7,9-11,14-16,20H,5-6,8,12-13,17H2,1-4H3,(H,30,31,36)/b9-7+/t20-/m1/s1. The molecule has 1 saturated heterocycles. The van der Waals surface area contributed by atoms with Gasteiger partial charge in [-0.2, -0.15) is 0 Å². The van der Waals surface area contributed by atoms with E-state index in [9.17, 15) is 9.59 Å². The third kappa shape index (κ3) is 6.29. The van der Waals surface area contributed by atoms with Gasteiger partial charge in [-0.25, -0.2) is 4.98 Å². The summed E-state index contributed by atoms with van der Waals surface area (Å²) in [7, 11) is 5.48. The molecule has 0 unspecified atom stereocenters. The van der Waals surface area contributed by atoms with Gasteiger partial charge in [-0.1, -0.05) is 17.7 Å². The van der Waals surface area contributed by atoms with Gasteiger partial charge in [-0.15, -0.1) is 0 Å². The molecule has 0 radical (unpaired) electrons. The van der Waals surface area contributed by atoms with Crippen LogP contribution in [0.5, 0.6) is 5.75 Å². The molecule has 0 saturated carbocycles. The van der Waals surface area contributed by atoms with Crippen LogP contribution in [0.3, 0.4) is 0 Å². The maximum atomic E-state index is 13.2. The Balaban J connectivity index is 1.71. The van der Waals surface area contributed by atoms with Crippen LogP contribution in [0, 0.1) is 6.92 Å². The number of likely N-dealkylation sites (tertiary alicyclic amines) is 1. The number of ether oxygens (including phenoxy) is 1. The quantitative estimate of drug-likeness (QED) is 0.463. The van der Waals surface area contributed by atoms with E-state index < -0.39 is 0 Å². The van der Waals surface area contributed by atoms with Crippen molar-refractivity contribution in [3.63, 3.8) is 0 Å². The van der Waals surface area contributed by atoms with Crippen molar-refractivity contribution in [1.82, 2.24) is 24.3 Å². The predicted molar refractivity (Wildman–Crippen MR) is 145 cm³/mol. The zero-order valence-electron chi connectivity index (χ0n) is 21.7. The smallest absolute Gasteiger partial charge is 0.258 e. The van der Waals surface area contributed by atoms with Gasteiger partial charge in [0.05, 0.1) is 29.2 Å². The van der Waals surface area contributed by atoms with Crippen LogP contribution >= 0.6 is 11.6 Å². The Morgan fingerprint density at radius 2 is 2.08 bits per heavy atom. The Morgan fingerprint density at radius 3 is 2.81 bits per heavy atom. The van der Waals surface area contributed by atoms with Crippen LogP contribution in [0.25, 0.3) is 11.0 Å². The first-order chi connectivity index (χ1) is 17.8. The number of carbonyl (C=O) groups excluding carboxylic acids is 2. The highest BCUT2D eigenvalue weighted by molar-refractivity contribution is 6.32. The van der Waals surface area contributed by atoms with Crippen molar-refractivity contribution in [2.75, 3.05) is 46.2 Å². The molecule has 37 heavy (non-hydrogen) atoms. The molecule has 1 N–H and O–H groups in total. The van der Waals surface area contributed by atoms with E-state index in [0.29, 0.717) is 47.4 Å². The molecule has 10 heteroatoms. The highest BCUT2D eigenvalue weighted by Gasteiger charge is 2.27. The highest BCUT2D eigenvalue weighted by Crippen LogP contribution is 2.35. The number of amides is 2. The molecular weight excluding hydrogens is 492 g/mol. The van der Waals surface area contributed by atoms with E-state index in [4.69, 9.17) is 21.3 Å².